The van der Waals surface area contributed by atoms with Crippen LogP contribution in [-0.4, -0.2) is 16.1 Å². The van der Waals surface area contributed by atoms with Crippen molar-refractivity contribution in [1.29, 1.82) is 0 Å². The highest BCUT2D eigenvalue weighted by atomic mass is 127. The first-order chi connectivity index (χ1) is 8.75. The summed E-state index contributed by atoms with van der Waals surface area (Å²) in [5, 5.41) is 3.53. The second kappa shape index (κ2) is 5.01. The molecule has 0 unspecified atom stereocenters. The second-order valence-electron chi connectivity index (χ2n) is 4.77. The minimum atomic E-state index is 0.450. The first-order valence-electron chi connectivity index (χ1n) is 6.28. The van der Waals surface area contributed by atoms with Crippen molar-refractivity contribution < 1.29 is 0 Å². The van der Waals surface area contributed by atoms with Gasteiger partial charge < -0.3 is 9.88 Å². The van der Waals surface area contributed by atoms with Gasteiger partial charge >= 0.3 is 0 Å². The van der Waals surface area contributed by atoms with E-state index in [2.05, 4.69) is 62.6 Å². The Morgan fingerprint density at radius 3 is 3.06 bits per heavy atom. The average Bonchev–Trinajstić information content (AvgIpc) is 3.00. The van der Waals surface area contributed by atoms with Crippen molar-refractivity contribution >= 4 is 22.6 Å². The van der Waals surface area contributed by atoms with E-state index in [1.165, 1.54) is 33.4 Å². The number of aromatic nitrogens is 2. The Labute approximate surface area is 121 Å². The van der Waals surface area contributed by atoms with E-state index in [0.717, 1.165) is 6.54 Å². The molecule has 1 N–H and O–H groups in total. The van der Waals surface area contributed by atoms with Gasteiger partial charge in [-0.2, -0.15) is 0 Å². The molecule has 0 spiro atoms. The van der Waals surface area contributed by atoms with E-state index in [0.29, 0.717) is 6.04 Å². The fourth-order valence-electron chi connectivity index (χ4n) is 2.45. The predicted molar refractivity (Wildman–Crippen MR) is 81.0 cm³/mol. The molecule has 0 amide bonds. The Kier molecular flexibility index (Phi) is 3.39. The lowest BCUT2D eigenvalue weighted by molar-refractivity contribution is 0.615. The Bertz CT molecular complexity index is 556. The number of nitrogens with one attached hydrogen (secondary N) is 1. The zero-order valence-electron chi connectivity index (χ0n) is 10.4. The van der Waals surface area contributed by atoms with E-state index in [1.54, 1.807) is 0 Å². The standard InChI is InChI=1S/C14H16IN3/c1-10-4-5-11(7-12(10)15)18-9-16-8-14(18)13-3-2-6-17-13/h4-5,7-9,13,17H,2-3,6H2,1H3/t13-/m0/s1. The number of nitrogens with zero attached hydrogens (tertiary/aromatic N) is 2. The normalized spacial score (nSPS) is 19.3. The van der Waals surface area contributed by atoms with Crippen molar-refractivity contribution in [3.8, 4) is 5.69 Å². The molecule has 0 bridgehead atoms. The lowest BCUT2D eigenvalue weighted by Gasteiger charge is -2.14. The first kappa shape index (κ1) is 12.2. The number of rotatable bonds is 2. The highest BCUT2D eigenvalue weighted by Gasteiger charge is 2.20. The van der Waals surface area contributed by atoms with E-state index in [4.69, 9.17) is 0 Å². The van der Waals surface area contributed by atoms with Crippen LogP contribution in [0.2, 0.25) is 0 Å². The number of hydrogen-bond donors (Lipinski definition) is 1. The molecule has 1 fully saturated rings. The minimum Gasteiger partial charge on any atom is -0.309 e. The molecular formula is C14H16IN3. The Morgan fingerprint density at radius 2 is 2.33 bits per heavy atom. The van der Waals surface area contributed by atoms with Crippen LogP contribution >= 0.6 is 22.6 Å². The van der Waals surface area contributed by atoms with E-state index in [9.17, 15) is 0 Å². The van der Waals surface area contributed by atoms with Crippen LogP contribution in [0.3, 0.4) is 0 Å². The second-order valence-corrected chi connectivity index (χ2v) is 5.93. The van der Waals surface area contributed by atoms with Gasteiger partial charge in [-0.1, -0.05) is 6.07 Å². The molecule has 1 atom stereocenters. The number of imidazole rings is 1. The molecule has 4 heteroatoms. The van der Waals surface area contributed by atoms with E-state index in [1.807, 2.05) is 12.5 Å². The summed E-state index contributed by atoms with van der Waals surface area (Å²) in [5.41, 5.74) is 3.79. The molecule has 1 saturated heterocycles. The van der Waals surface area contributed by atoms with Crippen molar-refractivity contribution in [3.63, 3.8) is 0 Å². The van der Waals surface area contributed by atoms with Crippen molar-refractivity contribution in [2.45, 2.75) is 25.8 Å². The lowest BCUT2D eigenvalue weighted by Crippen LogP contribution is -2.16. The maximum Gasteiger partial charge on any atom is 0.0994 e. The summed E-state index contributed by atoms with van der Waals surface area (Å²) in [7, 11) is 0. The van der Waals surface area contributed by atoms with E-state index < -0.39 is 0 Å². The maximum atomic E-state index is 4.32. The third-order valence-corrected chi connectivity index (χ3v) is 4.68. The van der Waals surface area contributed by atoms with Crippen LogP contribution < -0.4 is 5.32 Å². The summed E-state index contributed by atoms with van der Waals surface area (Å²) in [6.45, 7) is 3.25. The minimum absolute atomic E-state index is 0.450. The largest absolute Gasteiger partial charge is 0.309 e. The topological polar surface area (TPSA) is 29.9 Å². The van der Waals surface area contributed by atoms with Crippen LogP contribution in [-0.2, 0) is 0 Å². The van der Waals surface area contributed by atoms with Gasteiger partial charge in [0.15, 0.2) is 0 Å². The van der Waals surface area contributed by atoms with Crippen LogP contribution in [0.25, 0.3) is 5.69 Å². The summed E-state index contributed by atoms with van der Waals surface area (Å²) in [5.74, 6) is 0. The van der Waals surface area contributed by atoms with Gasteiger partial charge in [-0.15, -0.1) is 0 Å². The molecule has 2 heterocycles. The van der Waals surface area contributed by atoms with Gasteiger partial charge in [-0.3, -0.25) is 0 Å². The van der Waals surface area contributed by atoms with E-state index >= 15 is 0 Å². The summed E-state index contributed by atoms with van der Waals surface area (Å²) in [4.78, 5) is 4.32. The molecule has 1 aliphatic heterocycles. The van der Waals surface area contributed by atoms with Crippen LogP contribution in [0, 0.1) is 10.5 Å². The molecule has 1 aliphatic rings. The molecule has 18 heavy (non-hydrogen) atoms. The van der Waals surface area contributed by atoms with Gasteiger partial charge in [0.2, 0.25) is 0 Å². The summed E-state index contributed by atoms with van der Waals surface area (Å²) >= 11 is 2.39. The fourth-order valence-corrected chi connectivity index (χ4v) is 2.95. The summed E-state index contributed by atoms with van der Waals surface area (Å²) in [6, 6.07) is 7.00. The van der Waals surface area contributed by atoms with Crippen LogP contribution in [0.15, 0.2) is 30.7 Å². The van der Waals surface area contributed by atoms with Gasteiger partial charge in [0, 0.05) is 15.3 Å². The molecule has 3 nitrogen and oxygen atoms in total. The monoisotopic (exact) mass is 353 g/mol. The predicted octanol–water partition coefficient (Wildman–Crippen LogP) is 3.21. The fraction of sp³-hybridized carbons (Fsp3) is 0.357. The van der Waals surface area contributed by atoms with Gasteiger partial charge in [0.1, 0.15) is 0 Å². The smallest absolute Gasteiger partial charge is 0.0994 e. The Morgan fingerprint density at radius 1 is 1.44 bits per heavy atom. The molecule has 1 aromatic carbocycles. The van der Waals surface area contributed by atoms with Crippen molar-refractivity contribution in [2.24, 2.45) is 0 Å². The van der Waals surface area contributed by atoms with Crippen molar-refractivity contribution in [2.75, 3.05) is 6.54 Å². The van der Waals surface area contributed by atoms with Crippen LogP contribution in [0.5, 0.6) is 0 Å². The number of halogens is 1. The lowest BCUT2D eigenvalue weighted by atomic mass is 10.1. The number of aryl methyl sites for hydroxylation is 1. The van der Waals surface area contributed by atoms with Gasteiger partial charge in [-0.05, 0) is 66.6 Å². The molecule has 0 radical (unpaired) electrons. The zero-order chi connectivity index (χ0) is 12.5. The van der Waals surface area contributed by atoms with Gasteiger partial charge in [0.05, 0.1) is 18.2 Å². The van der Waals surface area contributed by atoms with Crippen LogP contribution in [0.1, 0.15) is 30.1 Å². The number of benzene rings is 1. The van der Waals surface area contributed by atoms with E-state index in [-0.39, 0.29) is 0 Å². The Balaban J connectivity index is 2.00. The molecule has 3 rings (SSSR count). The average molecular weight is 353 g/mol. The van der Waals surface area contributed by atoms with Crippen molar-refractivity contribution in [3.05, 3.63) is 45.6 Å². The number of hydrogen-bond acceptors (Lipinski definition) is 2. The SMILES string of the molecule is Cc1ccc(-n2cncc2[C@@H]2CCCN2)cc1I. The maximum absolute atomic E-state index is 4.32. The highest BCUT2D eigenvalue weighted by Crippen LogP contribution is 2.26. The molecule has 0 aliphatic carbocycles. The highest BCUT2D eigenvalue weighted by molar-refractivity contribution is 14.1. The summed E-state index contributed by atoms with van der Waals surface area (Å²) in [6.07, 6.45) is 6.35. The zero-order valence-corrected chi connectivity index (χ0v) is 12.5. The molecular weight excluding hydrogens is 337 g/mol. The van der Waals surface area contributed by atoms with Gasteiger partial charge in [-0.25, -0.2) is 4.98 Å². The molecule has 0 saturated carbocycles. The van der Waals surface area contributed by atoms with Crippen molar-refractivity contribution in [1.82, 2.24) is 14.9 Å². The third-order valence-electron chi connectivity index (χ3n) is 3.52. The van der Waals surface area contributed by atoms with Crippen LogP contribution in [0.4, 0.5) is 0 Å². The molecule has 2 aromatic rings. The molecule has 1 aromatic heterocycles. The Hall–Kier alpha value is -0.880. The molecule has 94 valence electrons. The summed E-state index contributed by atoms with van der Waals surface area (Å²) < 4.78 is 3.49. The first-order valence-corrected chi connectivity index (χ1v) is 7.36. The third kappa shape index (κ3) is 2.19. The quantitative estimate of drug-likeness (QED) is 0.841. The van der Waals surface area contributed by atoms with Gasteiger partial charge in [0.25, 0.3) is 0 Å².